The highest BCUT2D eigenvalue weighted by molar-refractivity contribution is 5.25. The second-order valence-electron chi connectivity index (χ2n) is 4.38. The van der Waals surface area contributed by atoms with Gasteiger partial charge in [-0.15, -0.1) is 0 Å². The lowest BCUT2D eigenvalue weighted by atomic mass is 9.75. The molecule has 3 rings (SSSR count). The standard InChI is InChI=1S/C11H16N2O/c1-3-9(12-5-1)11(7-14-8-11)10-4-2-6-13-10/h1,3,5,10,12-13H,2,4,6-8H2. The molecule has 0 aliphatic carbocycles. The van der Waals surface area contributed by atoms with Gasteiger partial charge in [0.2, 0.25) is 0 Å². The average molecular weight is 192 g/mol. The number of aromatic nitrogens is 1. The van der Waals surface area contributed by atoms with Crippen molar-refractivity contribution in [3.05, 3.63) is 24.0 Å². The van der Waals surface area contributed by atoms with E-state index in [4.69, 9.17) is 4.74 Å². The normalized spacial score (nSPS) is 30.1. The van der Waals surface area contributed by atoms with Crippen molar-refractivity contribution < 1.29 is 4.74 Å². The predicted octanol–water partition coefficient (Wildman–Crippen LogP) is 1.03. The molecule has 14 heavy (non-hydrogen) atoms. The first-order valence-corrected chi connectivity index (χ1v) is 5.37. The maximum absolute atomic E-state index is 5.41. The molecule has 0 aromatic carbocycles. The molecular formula is C11H16N2O. The van der Waals surface area contributed by atoms with Crippen molar-refractivity contribution in [3.8, 4) is 0 Å². The van der Waals surface area contributed by atoms with Gasteiger partial charge in [-0.1, -0.05) is 0 Å². The summed E-state index contributed by atoms with van der Waals surface area (Å²) in [5, 5.41) is 3.59. The largest absolute Gasteiger partial charge is 0.379 e. The first kappa shape index (κ1) is 8.50. The number of nitrogens with one attached hydrogen (secondary N) is 2. The summed E-state index contributed by atoms with van der Waals surface area (Å²) >= 11 is 0. The molecule has 1 atom stereocenters. The molecule has 1 unspecified atom stereocenters. The highest BCUT2D eigenvalue weighted by Crippen LogP contribution is 2.37. The van der Waals surface area contributed by atoms with Crippen molar-refractivity contribution in [2.45, 2.75) is 24.3 Å². The molecule has 2 aliphatic rings. The van der Waals surface area contributed by atoms with E-state index in [9.17, 15) is 0 Å². The Kier molecular flexibility index (Phi) is 1.89. The Morgan fingerprint density at radius 2 is 2.36 bits per heavy atom. The van der Waals surface area contributed by atoms with Crippen LogP contribution in [0.25, 0.3) is 0 Å². The molecule has 3 heteroatoms. The summed E-state index contributed by atoms with van der Waals surface area (Å²) in [5.74, 6) is 0. The highest BCUT2D eigenvalue weighted by atomic mass is 16.5. The van der Waals surface area contributed by atoms with Gasteiger partial charge in [-0.25, -0.2) is 0 Å². The van der Waals surface area contributed by atoms with Gasteiger partial charge in [-0.3, -0.25) is 0 Å². The number of hydrogen-bond donors (Lipinski definition) is 2. The minimum absolute atomic E-state index is 0.236. The lowest BCUT2D eigenvalue weighted by Gasteiger charge is -2.45. The lowest BCUT2D eigenvalue weighted by Crippen LogP contribution is -2.58. The van der Waals surface area contributed by atoms with Gasteiger partial charge < -0.3 is 15.0 Å². The summed E-state index contributed by atoms with van der Waals surface area (Å²) < 4.78 is 5.41. The predicted molar refractivity (Wildman–Crippen MR) is 54.3 cm³/mol. The quantitative estimate of drug-likeness (QED) is 0.734. The molecule has 0 radical (unpaired) electrons. The summed E-state index contributed by atoms with van der Waals surface area (Å²) in [6.07, 6.45) is 4.58. The molecule has 2 saturated heterocycles. The van der Waals surface area contributed by atoms with Crippen LogP contribution >= 0.6 is 0 Å². The van der Waals surface area contributed by atoms with Crippen LogP contribution in [0.15, 0.2) is 18.3 Å². The van der Waals surface area contributed by atoms with Crippen molar-refractivity contribution in [2.75, 3.05) is 19.8 Å². The van der Waals surface area contributed by atoms with E-state index in [0.717, 1.165) is 19.8 Å². The van der Waals surface area contributed by atoms with Crippen LogP contribution in [-0.2, 0) is 10.2 Å². The second-order valence-corrected chi connectivity index (χ2v) is 4.38. The zero-order chi connectivity index (χ0) is 9.43. The maximum atomic E-state index is 5.41. The van der Waals surface area contributed by atoms with Gasteiger partial charge >= 0.3 is 0 Å². The van der Waals surface area contributed by atoms with Crippen molar-refractivity contribution in [3.63, 3.8) is 0 Å². The third-order valence-corrected chi connectivity index (χ3v) is 3.58. The Hall–Kier alpha value is -0.800. The number of hydrogen-bond acceptors (Lipinski definition) is 2. The molecule has 0 bridgehead atoms. The van der Waals surface area contributed by atoms with Gasteiger partial charge in [0, 0.05) is 17.9 Å². The van der Waals surface area contributed by atoms with E-state index in [1.807, 2.05) is 6.20 Å². The summed E-state index contributed by atoms with van der Waals surface area (Å²) in [5.41, 5.74) is 1.57. The molecule has 0 spiro atoms. The molecule has 1 aromatic rings. The van der Waals surface area contributed by atoms with Crippen LogP contribution in [0.2, 0.25) is 0 Å². The first-order chi connectivity index (χ1) is 6.92. The van der Waals surface area contributed by atoms with Crippen molar-refractivity contribution in [1.82, 2.24) is 10.3 Å². The number of ether oxygens (including phenoxy) is 1. The van der Waals surface area contributed by atoms with Crippen molar-refractivity contribution >= 4 is 0 Å². The number of H-pyrrole nitrogens is 1. The van der Waals surface area contributed by atoms with Crippen LogP contribution in [0.4, 0.5) is 0 Å². The van der Waals surface area contributed by atoms with Crippen LogP contribution < -0.4 is 5.32 Å². The molecule has 3 nitrogen and oxygen atoms in total. The van der Waals surface area contributed by atoms with Gasteiger partial charge in [0.25, 0.3) is 0 Å². The molecule has 2 fully saturated rings. The highest BCUT2D eigenvalue weighted by Gasteiger charge is 2.48. The smallest absolute Gasteiger partial charge is 0.0723 e. The molecule has 0 saturated carbocycles. The molecule has 76 valence electrons. The minimum Gasteiger partial charge on any atom is -0.379 e. The van der Waals surface area contributed by atoms with Crippen LogP contribution in [0.1, 0.15) is 18.5 Å². The number of rotatable bonds is 2. The Balaban J connectivity index is 1.90. The topological polar surface area (TPSA) is 37.0 Å². The van der Waals surface area contributed by atoms with Gasteiger partial charge in [0.15, 0.2) is 0 Å². The lowest BCUT2D eigenvalue weighted by molar-refractivity contribution is -0.0779. The van der Waals surface area contributed by atoms with E-state index in [1.165, 1.54) is 18.5 Å². The fraction of sp³-hybridized carbons (Fsp3) is 0.636. The Morgan fingerprint density at radius 3 is 2.86 bits per heavy atom. The van der Waals surface area contributed by atoms with Crippen LogP contribution in [0.3, 0.4) is 0 Å². The van der Waals surface area contributed by atoms with E-state index in [-0.39, 0.29) is 5.41 Å². The van der Waals surface area contributed by atoms with E-state index < -0.39 is 0 Å². The minimum atomic E-state index is 0.236. The first-order valence-electron chi connectivity index (χ1n) is 5.37. The van der Waals surface area contributed by atoms with E-state index in [0.29, 0.717) is 6.04 Å². The summed E-state index contributed by atoms with van der Waals surface area (Å²) in [4.78, 5) is 3.34. The molecular weight excluding hydrogens is 176 g/mol. The SMILES string of the molecule is c1c[nH]c(C2(C3CCCN3)COC2)c1. The second kappa shape index (κ2) is 3.11. The van der Waals surface area contributed by atoms with Gasteiger partial charge in [0.05, 0.1) is 18.6 Å². The molecule has 1 aromatic heterocycles. The zero-order valence-corrected chi connectivity index (χ0v) is 8.25. The van der Waals surface area contributed by atoms with E-state index >= 15 is 0 Å². The van der Waals surface area contributed by atoms with Gasteiger partial charge in [-0.2, -0.15) is 0 Å². The third kappa shape index (κ3) is 1.06. The van der Waals surface area contributed by atoms with Gasteiger partial charge in [-0.05, 0) is 31.5 Å². The van der Waals surface area contributed by atoms with Crippen LogP contribution in [-0.4, -0.2) is 30.8 Å². The summed E-state index contributed by atoms with van der Waals surface area (Å²) in [7, 11) is 0. The molecule has 2 N–H and O–H groups in total. The van der Waals surface area contributed by atoms with Crippen LogP contribution in [0.5, 0.6) is 0 Å². The fourth-order valence-electron chi connectivity index (χ4n) is 2.66. The Morgan fingerprint density at radius 1 is 1.43 bits per heavy atom. The van der Waals surface area contributed by atoms with Crippen LogP contribution in [0, 0.1) is 0 Å². The average Bonchev–Trinajstić information content (AvgIpc) is 2.71. The molecule has 2 aliphatic heterocycles. The van der Waals surface area contributed by atoms with Crippen molar-refractivity contribution in [2.24, 2.45) is 0 Å². The van der Waals surface area contributed by atoms with E-state index in [1.54, 1.807) is 0 Å². The van der Waals surface area contributed by atoms with E-state index in [2.05, 4.69) is 22.4 Å². The molecule has 3 heterocycles. The maximum Gasteiger partial charge on any atom is 0.0723 e. The Bertz CT molecular complexity index is 297. The molecule has 0 amide bonds. The van der Waals surface area contributed by atoms with Crippen molar-refractivity contribution in [1.29, 1.82) is 0 Å². The third-order valence-electron chi connectivity index (χ3n) is 3.58. The monoisotopic (exact) mass is 192 g/mol. The summed E-state index contributed by atoms with van der Waals surface area (Å²) in [6, 6.07) is 4.86. The van der Waals surface area contributed by atoms with Gasteiger partial charge in [0.1, 0.15) is 0 Å². The summed E-state index contributed by atoms with van der Waals surface area (Å²) in [6.45, 7) is 2.89. The fourth-order valence-corrected chi connectivity index (χ4v) is 2.66. The number of aromatic amines is 1. The Labute approximate surface area is 83.8 Å². The zero-order valence-electron chi connectivity index (χ0n) is 8.25.